The summed E-state index contributed by atoms with van der Waals surface area (Å²) >= 11 is 0. The number of hydrogen-bond donors (Lipinski definition) is 2. The normalized spacial score (nSPS) is 28.1. The molecule has 5 heterocycles. The standard InChI is InChI=1S/C32H37F3N6O2/c33-32(34,35)25-7-14-37-27(18-25)26-17-23(6-13-36-26)30(42)41-15-8-22(20-41)16-21-4-9-31(43,10-5-21)28-3-2-24(19-40-28)29-38-11-1-12-39-29/h1-3,7,11-12,14,18-19,21-23,26,36,43H,4-6,8-10,13,15-17,20H2/t21?,22?,23-,26?,31?/m0/s1. The molecule has 3 atom stereocenters. The van der Waals surface area contributed by atoms with E-state index in [1.54, 1.807) is 24.7 Å². The van der Waals surface area contributed by atoms with Crippen molar-refractivity contribution in [3.8, 4) is 11.4 Å². The van der Waals surface area contributed by atoms with Gasteiger partial charge in [0.15, 0.2) is 5.82 Å². The topological polar surface area (TPSA) is 104 Å². The lowest BCUT2D eigenvalue weighted by atomic mass is 9.74. The van der Waals surface area contributed by atoms with E-state index in [1.165, 1.54) is 6.20 Å². The molecule has 1 saturated carbocycles. The van der Waals surface area contributed by atoms with Crippen molar-refractivity contribution >= 4 is 5.91 Å². The van der Waals surface area contributed by atoms with Gasteiger partial charge < -0.3 is 15.3 Å². The van der Waals surface area contributed by atoms with Crippen LogP contribution in [-0.2, 0) is 16.6 Å². The van der Waals surface area contributed by atoms with Crippen LogP contribution in [0.3, 0.4) is 0 Å². The maximum atomic E-state index is 13.4. The van der Waals surface area contributed by atoms with E-state index < -0.39 is 17.3 Å². The third kappa shape index (κ3) is 6.72. The molecule has 0 bridgehead atoms. The molecule has 2 saturated heterocycles. The summed E-state index contributed by atoms with van der Waals surface area (Å²) in [6, 6.07) is 7.24. The Morgan fingerprint density at radius 1 is 1.00 bits per heavy atom. The molecule has 3 aliphatic rings. The smallest absolute Gasteiger partial charge is 0.384 e. The number of nitrogens with zero attached hydrogens (tertiary/aromatic N) is 5. The average molecular weight is 595 g/mol. The van der Waals surface area contributed by atoms with Gasteiger partial charge in [-0.1, -0.05) is 0 Å². The van der Waals surface area contributed by atoms with E-state index in [1.807, 2.05) is 17.0 Å². The molecule has 0 radical (unpaired) electrons. The van der Waals surface area contributed by atoms with Gasteiger partial charge in [-0.3, -0.25) is 14.8 Å². The molecule has 1 aliphatic carbocycles. The highest BCUT2D eigenvalue weighted by atomic mass is 19.4. The quantitative estimate of drug-likeness (QED) is 0.399. The minimum absolute atomic E-state index is 0.106. The molecule has 3 aromatic rings. The molecular formula is C32H37F3N6O2. The second kappa shape index (κ2) is 12.3. The van der Waals surface area contributed by atoms with Crippen molar-refractivity contribution in [1.82, 2.24) is 30.2 Å². The SMILES string of the molecule is O=C([C@H]1CCNC(c2cc(C(F)(F)F)ccn2)C1)N1CCC(CC2CCC(O)(c3ccc(-c4ncccn4)cn3)CC2)C1. The van der Waals surface area contributed by atoms with Crippen LogP contribution in [0, 0.1) is 17.8 Å². The fourth-order valence-electron chi connectivity index (χ4n) is 7.03. The fourth-order valence-corrected chi connectivity index (χ4v) is 7.03. The van der Waals surface area contributed by atoms with Crippen LogP contribution in [-0.4, -0.2) is 55.5 Å². The first kappa shape index (κ1) is 29.6. The van der Waals surface area contributed by atoms with Crippen molar-refractivity contribution in [3.63, 3.8) is 0 Å². The van der Waals surface area contributed by atoms with E-state index in [4.69, 9.17) is 0 Å². The lowest BCUT2D eigenvalue weighted by Crippen LogP contribution is -2.41. The summed E-state index contributed by atoms with van der Waals surface area (Å²) in [5.74, 6) is 1.40. The number of likely N-dealkylation sites (tertiary alicyclic amines) is 1. The number of alkyl halides is 3. The molecule has 2 aliphatic heterocycles. The van der Waals surface area contributed by atoms with Crippen LogP contribution in [0.1, 0.15) is 74.4 Å². The van der Waals surface area contributed by atoms with E-state index in [0.29, 0.717) is 61.3 Å². The lowest BCUT2D eigenvalue weighted by molar-refractivity contribution is -0.138. The Bertz CT molecular complexity index is 1400. The number of pyridine rings is 2. The number of aromatic nitrogens is 4. The average Bonchev–Trinajstić information content (AvgIpc) is 3.50. The molecule has 11 heteroatoms. The number of piperidine rings is 1. The van der Waals surface area contributed by atoms with Crippen molar-refractivity contribution in [1.29, 1.82) is 0 Å². The zero-order valence-electron chi connectivity index (χ0n) is 24.0. The first-order valence-corrected chi connectivity index (χ1v) is 15.2. The van der Waals surface area contributed by atoms with Crippen molar-refractivity contribution < 1.29 is 23.1 Å². The molecule has 8 nitrogen and oxygen atoms in total. The monoisotopic (exact) mass is 594 g/mol. The summed E-state index contributed by atoms with van der Waals surface area (Å²) in [5, 5.41) is 14.6. The summed E-state index contributed by atoms with van der Waals surface area (Å²) in [5.41, 5.74) is 0.173. The molecule has 3 aromatic heterocycles. The van der Waals surface area contributed by atoms with Crippen LogP contribution in [0.15, 0.2) is 55.1 Å². The number of rotatable bonds is 6. The maximum absolute atomic E-state index is 13.4. The predicted octanol–water partition coefficient (Wildman–Crippen LogP) is 5.31. The van der Waals surface area contributed by atoms with E-state index in [0.717, 1.165) is 56.5 Å². The van der Waals surface area contributed by atoms with Gasteiger partial charge in [0.25, 0.3) is 0 Å². The van der Waals surface area contributed by atoms with E-state index in [9.17, 15) is 23.1 Å². The van der Waals surface area contributed by atoms with E-state index in [2.05, 4.69) is 25.3 Å². The molecule has 43 heavy (non-hydrogen) atoms. The van der Waals surface area contributed by atoms with Gasteiger partial charge in [0, 0.05) is 49.4 Å². The van der Waals surface area contributed by atoms with Gasteiger partial charge >= 0.3 is 6.18 Å². The van der Waals surface area contributed by atoms with Crippen LogP contribution in [0.4, 0.5) is 13.2 Å². The minimum Gasteiger partial charge on any atom is -0.384 e. The summed E-state index contributed by atoms with van der Waals surface area (Å²) in [7, 11) is 0. The van der Waals surface area contributed by atoms with Gasteiger partial charge in [0.05, 0.1) is 23.0 Å². The number of hydrogen-bond acceptors (Lipinski definition) is 7. The summed E-state index contributed by atoms with van der Waals surface area (Å²) < 4.78 is 39.6. The molecule has 6 rings (SSSR count). The Morgan fingerprint density at radius 2 is 1.79 bits per heavy atom. The highest BCUT2D eigenvalue weighted by Gasteiger charge is 2.39. The van der Waals surface area contributed by atoms with Crippen LogP contribution >= 0.6 is 0 Å². The second-order valence-electron chi connectivity index (χ2n) is 12.3. The largest absolute Gasteiger partial charge is 0.416 e. The Morgan fingerprint density at radius 3 is 2.51 bits per heavy atom. The van der Waals surface area contributed by atoms with Crippen molar-refractivity contribution in [3.05, 3.63) is 72.1 Å². The number of nitrogens with one attached hydrogen (secondary N) is 1. The lowest BCUT2D eigenvalue weighted by Gasteiger charge is -2.36. The Hall–Kier alpha value is -3.44. The van der Waals surface area contributed by atoms with Crippen molar-refractivity contribution in [2.45, 2.75) is 69.2 Å². The summed E-state index contributed by atoms with van der Waals surface area (Å²) in [4.78, 5) is 32.7. The first-order chi connectivity index (χ1) is 20.7. The zero-order chi connectivity index (χ0) is 30.0. The van der Waals surface area contributed by atoms with Crippen LogP contribution in [0.5, 0.6) is 0 Å². The van der Waals surface area contributed by atoms with Gasteiger partial charge in [-0.15, -0.1) is 0 Å². The Balaban J connectivity index is 0.989. The van der Waals surface area contributed by atoms with Gasteiger partial charge in [0.1, 0.15) is 5.60 Å². The minimum atomic E-state index is -4.43. The van der Waals surface area contributed by atoms with Gasteiger partial charge in [-0.05, 0) is 100 Å². The first-order valence-electron chi connectivity index (χ1n) is 15.2. The number of halogens is 3. The van der Waals surface area contributed by atoms with Crippen molar-refractivity contribution in [2.75, 3.05) is 19.6 Å². The molecule has 2 unspecified atom stereocenters. The molecular weight excluding hydrogens is 557 g/mol. The highest BCUT2D eigenvalue weighted by molar-refractivity contribution is 5.79. The Kier molecular flexibility index (Phi) is 8.46. The molecule has 0 spiro atoms. The third-order valence-electron chi connectivity index (χ3n) is 9.48. The Labute approximate surface area is 249 Å². The van der Waals surface area contributed by atoms with Gasteiger partial charge in [-0.25, -0.2) is 9.97 Å². The molecule has 3 fully saturated rings. The van der Waals surface area contributed by atoms with Crippen LogP contribution < -0.4 is 5.32 Å². The third-order valence-corrected chi connectivity index (χ3v) is 9.48. The van der Waals surface area contributed by atoms with Crippen LogP contribution in [0.25, 0.3) is 11.4 Å². The highest BCUT2D eigenvalue weighted by Crippen LogP contribution is 2.42. The number of amides is 1. The number of aliphatic hydroxyl groups is 1. The molecule has 1 amide bonds. The summed E-state index contributed by atoms with van der Waals surface area (Å²) in [6.07, 6.45) is 8.10. The van der Waals surface area contributed by atoms with Gasteiger partial charge in [-0.2, -0.15) is 13.2 Å². The number of carbonyl (C=O) groups is 1. The van der Waals surface area contributed by atoms with Crippen molar-refractivity contribution in [2.24, 2.45) is 17.8 Å². The van der Waals surface area contributed by atoms with Crippen LogP contribution in [0.2, 0.25) is 0 Å². The van der Waals surface area contributed by atoms with E-state index >= 15 is 0 Å². The fraction of sp³-hybridized carbons (Fsp3) is 0.531. The second-order valence-corrected chi connectivity index (χ2v) is 12.3. The summed E-state index contributed by atoms with van der Waals surface area (Å²) in [6.45, 7) is 2.01. The predicted molar refractivity (Wildman–Crippen MR) is 153 cm³/mol. The molecule has 228 valence electrons. The molecule has 2 N–H and O–H groups in total. The molecule has 0 aromatic carbocycles. The zero-order valence-corrected chi connectivity index (χ0v) is 24.0. The van der Waals surface area contributed by atoms with Gasteiger partial charge in [0.2, 0.25) is 5.91 Å². The van der Waals surface area contributed by atoms with E-state index in [-0.39, 0.29) is 17.9 Å². The number of carbonyl (C=O) groups excluding carboxylic acids is 1. The maximum Gasteiger partial charge on any atom is 0.416 e.